The van der Waals surface area contributed by atoms with Gasteiger partial charge in [0.25, 0.3) is 0 Å². The number of aliphatic carboxylic acids is 1. The molecule has 1 heterocycles. The third kappa shape index (κ3) is 6.49. The average Bonchev–Trinajstić information content (AvgIpc) is 3.29. The quantitative estimate of drug-likeness (QED) is 0.406. The van der Waals surface area contributed by atoms with Crippen molar-refractivity contribution in [2.75, 3.05) is 10.6 Å². The molecule has 0 atom stereocenters. The summed E-state index contributed by atoms with van der Waals surface area (Å²) in [5, 5.41) is 21.9. The molecule has 3 N–H and O–H groups in total. The van der Waals surface area contributed by atoms with Crippen molar-refractivity contribution in [2.24, 2.45) is 5.92 Å². The number of nitrogens with one attached hydrogen (secondary N) is 2. The van der Waals surface area contributed by atoms with Gasteiger partial charge in [0.15, 0.2) is 0 Å². The van der Waals surface area contributed by atoms with Gasteiger partial charge in [-0.15, -0.1) is 18.3 Å². The number of carboxylic acid groups (broad SMARTS) is 1. The van der Waals surface area contributed by atoms with E-state index in [0.717, 1.165) is 30.5 Å². The molecule has 9 nitrogen and oxygen atoms in total. The number of benzene rings is 2. The monoisotopic (exact) mass is 490 g/mol. The van der Waals surface area contributed by atoms with E-state index >= 15 is 0 Å². The molecule has 2 aromatic carbocycles. The van der Waals surface area contributed by atoms with Crippen molar-refractivity contribution in [3.05, 3.63) is 60.0 Å². The second-order valence-electron chi connectivity index (χ2n) is 8.07. The van der Waals surface area contributed by atoms with Crippen molar-refractivity contribution < 1.29 is 37.0 Å². The Morgan fingerprint density at radius 3 is 2.17 bits per heavy atom. The Balaban J connectivity index is 1.31. The van der Waals surface area contributed by atoms with Gasteiger partial charge < -0.3 is 24.9 Å². The number of hydrogen-bond donors (Lipinski definition) is 3. The fraction of sp³-hybridized carbons (Fsp3) is 0.304. The summed E-state index contributed by atoms with van der Waals surface area (Å²) in [6.07, 6.45) is -1.88. The number of ether oxygens (including phenoxy) is 1. The maximum absolute atomic E-state index is 12.4. The summed E-state index contributed by atoms with van der Waals surface area (Å²) < 4.78 is 45.8. The summed E-state index contributed by atoms with van der Waals surface area (Å²) in [6, 6.07) is 12.0. The van der Waals surface area contributed by atoms with Crippen molar-refractivity contribution in [2.45, 2.75) is 38.0 Å². The molecule has 0 spiro atoms. The first-order chi connectivity index (χ1) is 16.7. The van der Waals surface area contributed by atoms with E-state index in [1.54, 1.807) is 12.1 Å². The number of carbonyl (C=O) groups excluding carboxylic acids is 1. The van der Waals surface area contributed by atoms with Gasteiger partial charge in [-0.25, -0.2) is 0 Å². The fourth-order valence-corrected chi connectivity index (χ4v) is 3.93. The Bertz CT molecular complexity index is 1170. The van der Waals surface area contributed by atoms with Crippen LogP contribution in [0, 0.1) is 5.92 Å². The van der Waals surface area contributed by atoms with Crippen molar-refractivity contribution >= 4 is 29.3 Å². The van der Waals surface area contributed by atoms with Crippen LogP contribution in [-0.2, 0) is 4.79 Å². The van der Waals surface area contributed by atoms with Gasteiger partial charge in [-0.1, -0.05) is 17.2 Å². The van der Waals surface area contributed by atoms with Crippen LogP contribution in [0.15, 0.2) is 52.9 Å². The summed E-state index contributed by atoms with van der Waals surface area (Å²) >= 11 is 0. The lowest BCUT2D eigenvalue weighted by atomic mass is 9.79. The molecular formula is C23H21F3N4O5. The molecule has 1 fully saturated rings. The number of carboxylic acids is 1. The topological polar surface area (TPSA) is 127 Å². The number of nitrogens with zero attached hydrogens (tertiary/aromatic N) is 2. The molecule has 1 aliphatic rings. The normalized spacial score (nSPS) is 18.0. The van der Waals surface area contributed by atoms with Crippen LogP contribution in [0.1, 0.15) is 47.8 Å². The lowest BCUT2D eigenvalue weighted by Gasteiger charge is -2.26. The van der Waals surface area contributed by atoms with Gasteiger partial charge in [0.2, 0.25) is 0 Å². The van der Waals surface area contributed by atoms with Gasteiger partial charge in [0.05, 0.1) is 5.92 Å². The van der Waals surface area contributed by atoms with Crippen LogP contribution in [0.25, 0.3) is 0 Å². The largest absolute Gasteiger partial charge is 0.573 e. The molecule has 4 rings (SSSR count). The standard InChI is InChI=1S/C23H21F3N4O5/c24-23(25,26)35-18-11-9-17(10-12-18)28-22-30-29-20(34-22)19(31)27-16-7-5-14(6-8-16)13-1-3-15(4-2-13)21(32)33/h5-13,15H,1-4H2,(H,27,31)(H,28,30)(H,32,33). The number of carbonyl (C=O) groups is 2. The molecule has 0 unspecified atom stereocenters. The average molecular weight is 490 g/mol. The summed E-state index contributed by atoms with van der Waals surface area (Å²) in [5.41, 5.74) is 1.96. The minimum Gasteiger partial charge on any atom is -0.481 e. The van der Waals surface area contributed by atoms with E-state index in [9.17, 15) is 22.8 Å². The molecule has 1 saturated carbocycles. The zero-order chi connectivity index (χ0) is 25.0. The SMILES string of the molecule is O=C(Nc1ccc(C2CCC(C(=O)O)CC2)cc1)c1nnc(Nc2ccc(OC(F)(F)F)cc2)o1. The summed E-state index contributed by atoms with van der Waals surface area (Å²) in [6.45, 7) is 0. The molecule has 35 heavy (non-hydrogen) atoms. The Morgan fingerprint density at radius 1 is 0.943 bits per heavy atom. The molecule has 0 saturated heterocycles. The molecule has 3 aromatic rings. The van der Waals surface area contributed by atoms with Crippen LogP contribution >= 0.6 is 0 Å². The number of anilines is 3. The molecule has 1 aromatic heterocycles. The second-order valence-corrected chi connectivity index (χ2v) is 8.07. The van der Waals surface area contributed by atoms with Crippen molar-refractivity contribution in [3.8, 4) is 5.75 Å². The third-order valence-corrected chi connectivity index (χ3v) is 5.67. The third-order valence-electron chi connectivity index (χ3n) is 5.67. The Morgan fingerprint density at radius 2 is 1.57 bits per heavy atom. The molecule has 1 amide bonds. The van der Waals surface area contributed by atoms with Crippen molar-refractivity contribution in [1.29, 1.82) is 0 Å². The number of halogens is 3. The number of amides is 1. The van der Waals surface area contributed by atoms with E-state index in [1.165, 1.54) is 12.1 Å². The Hall–Kier alpha value is -4.09. The second kappa shape index (κ2) is 10.0. The highest BCUT2D eigenvalue weighted by Crippen LogP contribution is 2.36. The van der Waals surface area contributed by atoms with E-state index < -0.39 is 18.2 Å². The first-order valence-electron chi connectivity index (χ1n) is 10.8. The number of hydrogen-bond acceptors (Lipinski definition) is 7. The first-order valence-corrected chi connectivity index (χ1v) is 10.8. The Labute approximate surface area is 197 Å². The summed E-state index contributed by atoms with van der Waals surface area (Å²) in [4.78, 5) is 23.5. The summed E-state index contributed by atoms with van der Waals surface area (Å²) in [5.74, 6) is -2.05. The van der Waals surface area contributed by atoms with E-state index in [0.29, 0.717) is 24.2 Å². The van der Waals surface area contributed by atoms with Crippen LogP contribution < -0.4 is 15.4 Å². The van der Waals surface area contributed by atoms with Gasteiger partial charge in [-0.05, 0) is 73.6 Å². The molecule has 184 valence electrons. The fourth-order valence-electron chi connectivity index (χ4n) is 3.93. The van der Waals surface area contributed by atoms with E-state index in [1.807, 2.05) is 12.1 Å². The van der Waals surface area contributed by atoms with Gasteiger partial charge in [-0.3, -0.25) is 9.59 Å². The van der Waals surface area contributed by atoms with Gasteiger partial charge >= 0.3 is 30.1 Å². The highest BCUT2D eigenvalue weighted by Gasteiger charge is 2.31. The van der Waals surface area contributed by atoms with Crippen LogP contribution in [0.5, 0.6) is 5.75 Å². The smallest absolute Gasteiger partial charge is 0.481 e. The zero-order valence-corrected chi connectivity index (χ0v) is 18.2. The summed E-state index contributed by atoms with van der Waals surface area (Å²) in [7, 11) is 0. The lowest BCUT2D eigenvalue weighted by Crippen LogP contribution is -2.20. The molecular weight excluding hydrogens is 469 g/mol. The number of alkyl halides is 3. The van der Waals surface area contributed by atoms with Crippen molar-refractivity contribution in [1.82, 2.24) is 10.2 Å². The predicted octanol–water partition coefficient (Wildman–Crippen LogP) is 5.32. The van der Waals surface area contributed by atoms with Crippen LogP contribution in [0.3, 0.4) is 0 Å². The van der Waals surface area contributed by atoms with Gasteiger partial charge in [0.1, 0.15) is 5.75 Å². The molecule has 0 bridgehead atoms. The van der Waals surface area contributed by atoms with Crippen molar-refractivity contribution in [3.63, 3.8) is 0 Å². The van der Waals surface area contributed by atoms with E-state index in [2.05, 4.69) is 25.6 Å². The lowest BCUT2D eigenvalue weighted by molar-refractivity contribution is -0.274. The number of rotatable bonds is 7. The van der Waals surface area contributed by atoms with Crippen LogP contribution in [0.4, 0.5) is 30.6 Å². The molecule has 0 aliphatic heterocycles. The number of aromatic nitrogens is 2. The minimum absolute atomic E-state index is 0.119. The molecule has 0 radical (unpaired) electrons. The first kappa shape index (κ1) is 24.0. The predicted molar refractivity (Wildman–Crippen MR) is 117 cm³/mol. The van der Waals surface area contributed by atoms with Gasteiger partial charge in [0, 0.05) is 11.4 Å². The zero-order valence-electron chi connectivity index (χ0n) is 18.2. The van der Waals surface area contributed by atoms with Crippen LogP contribution in [0.2, 0.25) is 0 Å². The highest BCUT2D eigenvalue weighted by molar-refractivity contribution is 6.00. The van der Waals surface area contributed by atoms with E-state index in [4.69, 9.17) is 9.52 Å². The Kier molecular flexibility index (Phi) is 6.90. The van der Waals surface area contributed by atoms with Crippen LogP contribution in [-0.4, -0.2) is 33.5 Å². The maximum atomic E-state index is 12.4. The highest BCUT2D eigenvalue weighted by atomic mass is 19.4. The molecule has 1 aliphatic carbocycles. The maximum Gasteiger partial charge on any atom is 0.573 e. The minimum atomic E-state index is -4.79. The van der Waals surface area contributed by atoms with E-state index in [-0.39, 0.29) is 29.5 Å². The molecule has 12 heteroatoms. The van der Waals surface area contributed by atoms with Gasteiger partial charge in [-0.2, -0.15) is 0 Å².